The Morgan fingerprint density at radius 3 is 2.33 bits per heavy atom. The number of hydrogen-bond acceptors (Lipinski definition) is 1. The zero-order chi connectivity index (χ0) is 12.6. The Morgan fingerprint density at radius 2 is 1.72 bits per heavy atom. The number of ketones is 1. The maximum absolute atomic E-state index is 11.7. The van der Waals surface area contributed by atoms with Crippen LogP contribution in [0.1, 0.15) is 31.2 Å². The maximum Gasteiger partial charge on any atom is 0.144 e. The van der Waals surface area contributed by atoms with E-state index in [0.717, 1.165) is 23.7 Å². The van der Waals surface area contributed by atoms with E-state index in [1.54, 1.807) is 0 Å². The van der Waals surface area contributed by atoms with Gasteiger partial charge < -0.3 is 4.48 Å². The highest BCUT2D eigenvalue weighted by Crippen LogP contribution is 2.39. The topological polar surface area (TPSA) is 17.1 Å². The summed E-state index contributed by atoms with van der Waals surface area (Å²) in [6.45, 7) is 1.19. The normalized spacial score (nSPS) is 34.8. The molecule has 0 N–H and O–H groups in total. The molecule has 0 amide bonds. The first-order valence-corrected chi connectivity index (χ1v) is 7.09. The second-order valence-electron chi connectivity index (χ2n) is 6.14. The molecule has 2 heteroatoms. The van der Waals surface area contributed by atoms with Gasteiger partial charge in [0, 0.05) is 19.3 Å². The van der Waals surface area contributed by atoms with Crippen molar-refractivity contribution in [2.75, 3.05) is 13.6 Å². The van der Waals surface area contributed by atoms with Gasteiger partial charge in [0.25, 0.3) is 0 Å². The lowest BCUT2D eigenvalue weighted by Gasteiger charge is -2.44. The van der Waals surface area contributed by atoms with Gasteiger partial charge in [0.2, 0.25) is 0 Å². The minimum absolute atomic E-state index is 0.498. The summed E-state index contributed by atoms with van der Waals surface area (Å²) in [7, 11) is 2.37. The molecule has 2 bridgehead atoms. The van der Waals surface area contributed by atoms with E-state index in [2.05, 4.69) is 37.4 Å². The summed E-state index contributed by atoms with van der Waals surface area (Å²) in [6.07, 6.45) is 5.28. The SMILES string of the molecule is C[N+]1(CCc2ccccc2)C2CCC1CC(=O)C2. The number of nitrogens with zero attached hydrogens (tertiary/aromatic N) is 1. The minimum atomic E-state index is 0.498. The third-order valence-electron chi connectivity index (χ3n) is 5.15. The molecule has 3 rings (SSSR count). The number of quaternary nitrogens is 1. The predicted molar refractivity (Wildman–Crippen MR) is 72.2 cm³/mol. The van der Waals surface area contributed by atoms with Gasteiger partial charge in [-0.05, 0) is 5.56 Å². The molecule has 96 valence electrons. The lowest BCUT2D eigenvalue weighted by atomic mass is 9.97. The van der Waals surface area contributed by atoms with E-state index in [9.17, 15) is 4.79 Å². The summed E-state index contributed by atoms with van der Waals surface area (Å²) in [5.41, 5.74) is 1.42. The third-order valence-corrected chi connectivity index (χ3v) is 5.15. The molecule has 2 fully saturated rings. The van der Waals surface area contributed by atoms with Gasteiger partial charge >= 0.3 is 0 Å². The van der Waals surface area contributed by atoms with Gasteiger partial charge in [-0.1, -0.05) is 30.3 Å². The van der Waals surface area contributed by atoms with Gasteiger partial charge in [-0.25, -0.2) is 0 Å². The number of rotatable bonds is 3. The van der Waals surface area contributed by atoms with Crippen LogP contribution in [0.2, 0.25) is 0 Å². The highest BCUT2D eigenvalue weighted by molar-refractivity contribution is 5.80. The van der Waals surface area contributed by atoms with Gasteiger partial charge in [-0.15, -0.1) is 0 Å². The van der Waals surface area contributed by atoms with E-state index in [-0.39, 0.29) is 0 Å². The Kier molecular flexibility index (Phi) is 2.98. The molecule has 18 heavy (non-hydrogen) atoms. The molecule has 2 atom stereocenters. The number of likely N-dealkylation sites (N-methyl/N-ethyl adjacent to an activating group) is 1. The van der Waals surface area contributed by atoms with Crippen molar-refractivity contribution in [1.82, 2.24) is 0 Å². The van der Waals surface area contributed by atoms with E-state index in [1.165, 1.54) is 24.9 Å². The van der Waals surface area contributed by atoms with Crippen LogP contribution in [0, 0.1) is 0 Å². The van der Waals surface area contributed by atoms with Crippen LogP contribution >= 0.6 is 0 Å². The molecule has 2 unspecified atom stereocenters. The fourth-order valence-electron chi connectivity index (χ4n) is 3.88. The summed E-state index contributed by atoms with van der Waals surface area (Å²) in [5, 5.41) is 0. The third kappa shape index (κ3) is 1.99. The molecule has 2 heterocycles. The molecular formula is C16H22NO+. The van der Waals surface area contributed by atoms with Crippen molar-refractivity contribution >= 4 is 5.78 Å². The van der Waals surface area contributed by atoms with E-state index in [0.29, 0.717) is 17.9 Å². The zero-order valence-corrected chi connectivity index (χ0v) is 11.1. The van der Waals surface area contributed by atoms with Crippen LogP contribution < -0.4 is 0 Å². The number of Topliss-reactive ketones (excluding diaryl/α,β-unsaturated/α-hetero) is 1. The van der Waals surface area contributed by atoms with Gasteiger partial charge in [-0.3, -0.25) is 4.79 Å². The maximum atomic E-state index is 11.7. The number of piperidine rings is 1. The number of benzene rings is 1. The lowest BCUT2D eigenvalue weighted by Crippen LogP contribution is -2.58. The van der Waals surface area contributed by atoms with E-state index in [4.69, 9.17) is 0 Å². The van der Waals surface area contributed by atoms with Crippen LogP contribution in [0.5, 0.6) is 0 Å². The summed E-state index contributed by atoms with van der Waals surface area (Å²) in [6, 6.07) is 11.9. The Bertz CT molecular complexity index is 424. The largest absolute Gasteiger partial charge is 0.320 e. The molecule has 0 aliphatic carbocycles. The standard InChI is InChI=1S/C16H22NO/c1-17(10-9-13-5-3-2-4-6-13)14-7-8-15(17)12-16(18)11-14/h2-6,14-15H,7-12H2,1H3/q+1. The smallest absolute Gasteiger partial charge is 0.144 e. The number of hydrogen-bond donors (Lipinski definition) is 0. The van der Waals surface area contributed by atoms with Crippen molar-refractivity contribution in [3.05, 3.63) is 35.9 Å². The fourth-order valence-corrected chi connectivity index (χ4v) is 3.88. The van der Waals surface area contributed by atoms with Crippen molar-refractivity contribution in [2.24, 2.45) is 0 Å². The quantitative estimate of drug-likeness (QED) is 0.747. The molecule has 0 aromatic heterocycles. The molecule has 2 nitrogen and oxygen atoms in total. The first-order chi connectivity index (χ1) is 8.68. The second kappa shape index (κ2) is 4.51. The molecule has 2 aliphatic heterocycles. The van der Waals surface area contributed by atoms with Gasteiger partial charge in [-0.2, -0.15) is 0 Å². The lowest BCUT2D eigenvalue weighted by molar-refractivity contribution is -0.944. The minimum Gasteiger partial charge on any atom is -0.320 e. The zero-order valence-electron chi connectivity index (χ0n) is 11.1. The summed E-state index contributed by atoms with van der Waals surface area (Å²) in [4.78, 5) is 11.7. The van der Waals surface area contributed by atoms with Crippen LogP contribution in [0.3, 0.4) is 0 Å². The Hall–Kier alpha value is -1.15. The Labute approximate surface area is 109 Å². The molecule has 0 saturated carbocycles. The molecule has 2 aliphatic rings. The summed E-state index contributed by atoms with van der Waals surface area (Å²) in [5.74, 6) is 0.498. The first kappa shape index (κ1) is 11.9. The van der Waals surface area contributed by atoms with Crippen molar-refractivity contribution in [3.8, 4) is 0 Å². The highest BCUT2D eigenvalue weighted by Gasteiger charge is 2.50. The summed E-state index contributed by atoms with van der Waals surface area (Å²) < 4.78 is 1.14. The monoisotopic (exact) mass is 244 g/mol. The van der Waals surface area contributed by atoms with Crippen LogP contribution in [-0.2, 0) is 11.2 Å². The average molecular weight is 244 g/mol. The highest BCUT2D eigenvalue weighted by atomic mass is 16.1. The molecule has 2 saturated heterocycles. The van der Waals surface area contributed by atoms with Gasteiger partial charge in [0.15, 0.2) is 0 Å². The number of carbonyl (C=O) groups is 1. The number of fused-ring (bicyclic) bond motifs is 2. The summed E-state index contributed by atoms with van der Waals surface area (Å²) >= 11 is 0. The van der Waals surface area contributed by atoms with E-state index in [1.807, 2.05) is 0 Å². The number of carbonyl (C=O) groups excluding carboxylic acids is 1. The molecular weight excluding hydrogens is 222 g/mol. The van der Waals surface area contributed by atoms with Gasteiger partial charge in [0.05, 0.1) is 38.5 Å². The second-order valence-corrected chi connectivity index (χ2v) is 6.14. The first-order valence-electron chi connectivity index (χ1n) is 7.09. The molecule has 0 radical (unpaired) electrons. The van der Waals surface area contributed by atoms with Crippen LogP contribution in [-0.4, -0.2) is 35.9 Å². The van der Waals surface area contributed by atoms with E-state index >= 15 is 0 Å². The van der Waals surface area contributed by atoms with E-state index < -0.39 is 0 Å². The Balaban J connectivity index is 1.71. The fraction of sp³-hybridized carbons (Fsp3) is 0.562. The van der Waals surface area contributed by atoms with Crippen molar-refractivity contribution in [1.29, 1.82) is 0 Å². The Morgan fingerprint density at radius 1 is 1.11 bits per heavy atom. The predicted octanol–water partition coefficient (Wildman–Crippen LogP) is 2.57. The molecule has 1 aromatic rings. The van der Waals surface area contributed by atoms with Crippen molar-refractivity contribution in [3.63, 3.8) is 0 Å². The van der Waals surface area contributed by atoms with Crippen molar-refractivity contribution in [2.45, 2.75) is 44.2 Å². The van der Waals surface area contributed by atoms with Crippen LogP contribution in [0.4, 0.5) is 0 Å². The van der Waals surface area contributed by atoms with Crippen LogP contribution in [0.25, 0.3) is 0 Å². The van der Waals surface area contributed by atoms with Crippen LogP contribution in [0.15, 0.2) is 30.3 Å². The van der Waals surface area contributed by atoms with Crippen molar-refractivity contribution < 1.29 is 9.28 Å². The van der Waals surface area contributed by atoms with Gasteiger partial charge in [0.1, 0.15) is 5.78 Å². The average Bonchev–Trinajstić information content (AvgIpc) is 2.57. The molecule has 0 spiro atoms. The molecule has 1 aromatic carbocycles.